The summed E-state index contributed by atoms with van der Waals surface area (Å²) in [5.74, 6) is 2.00. The molecule has 0 spiro atoms. The topological polar surface area (TPSA) is 87.7 Å². The maximum Gasteiger partial charge on any atom is 0.258 e. The lowest BCUT2D eigenvalue weighted by Gasteiger charge is -2.23. The van der Waals surface area contributed by atoms with Gasteiger partial charge in [0.25, 0.3) is 5.56 Å². The zero-order valence-electron chi connectivity index (χ0n) is 16.1. The van der Waals surface area contributed by atoms with Crippen molar-refractivity contribution in [1.29, 1.82) is 0 Å². The van der Waals surface area contributed by atoms with E-state index in [0.29, 0.717) is 42.1 Å². The van der Waals surface area contributed by atoms with Gasteiger partial charge in [0.1, 0.15) is 30.0 Å². The number of nitrogens with zero attached hydrogens (tertiary/aromatic N) is 2. The van der Waals surface area contributed by atoms with Crippen LogP contribution in [-0.2, 0) is 6.54 Å². The molecule has 148 valence electrons. The number of methoxy groups -OCH3 is 1. The molecule has 0 radical (unpaired) electrons. The number of para-hydroxylation sites is 1. The van der Waals surface area contributed by atoms with Crippen LogP contribution in [0.1, 0.15) is 12.7 Å². The Morgan fingerprint density at radius 3 is 2.57 bits per heavy atom. The molecule has 1 unspecified atom stereocenters. The molecule has 0 aliphatic rings. The van der Waals surface area contributed by atoms with Gasteiger partial charge in [0.15, 0.2) is 0 Å². The lowest BCUT2D eigenvalue weighted by atomic mass is 10.2. The quantitative estimate of drug-likeness (QED) is 0.589. The van der Waals surface area contributed by atoms with E-state index in [4.69, 9.17) is 9.47 Å². The van der Waals surface area contributed by atoms with Crippen molar-refractivity contribution in [2.45, 2.75) is 19.6 Å². The molecule has 0 aliphatic carbocycles. The summed E-state index contributed by atoms with van der Waals surface area (Å²) in [6, 6.07) is 14.5. The number of hydrogen-bond donors (Lipinski definition) is 2. The molecule has 2 N–H and O–H groups in total. The van der Waals surface area contributed by atoms with Gasteiger partial charge in [0, 0.05) is 6.54 Å². The first-order chi connectivity index (χ1) is 13.6. The minimum Gasteiger partial charge on any atom is -0.497 e. The largest absolute Gasteiger partial charge is 0.497 e. The highest BCUT2D eigenvalue weighted by molar-refractivity contribution is 5.77. The summed E-state index contributed by atoms with van der Waals surface area (Å²) in [5, 5.41) is 10.9. The van der Waals surface area contributed by atoms with Gasteiger partial charge in [-0.05, 0) is 42.9 Å². The average Bonchev–Trinajstić information content (AvgIpc) is 2.72. The van der Waals surface area contributed by atoms with E-state index in [1.165, 1.54) is 0 Å². The molecular formula is C21H25N3O4. The molecule has 7 nitrogen and oxygen atoms in total. The Morgan fingerprint density at radius 2 is 1.86 bits per heavy atom. The molecule has 0 fully saturated rings. The summed E-state index contributed by atoms with van der Waals surface area (Å²) in [5.41, 5.74) is 0.515. The third kappa shape index (κ3) is 5.09. The number of nitrogens with one attached hydrogen (secondary N) is 1. The van der Waals surface area contributed by atoms with Gasteiger partial charge in [-0.25, -0.2) is 4.98 Å². The Labute approximate surface area is 163 Å². The number of hydrogen-bond acceptors (Lipinski definition) is 6. The average molecular weight is 383 g/mol. The van der Waals surface area contributed by atoms with Crippen molar-refractivity contribution in [3.05, 3.63) is 64.7 Å². The van der Waals surface area contributed by atoms with Gasteiger partial charge in [-0.1, -0.05) is 19.1 Å². The normalized spacial score (nSPS) is 12.3. The van der Waals surface area contributed by atoms with Crippen molar-refractivity contribution in [3.63, 3.8) is 0 Å². The Morgan fingerprint density at radius 1 is 1.14 bits per heavy atom. The van der Waals surface area contributed by atoms with Gasteiger partial charge < -0.3 is 19.6 Å². The van der Waals surface area contributed by atoms with Crippen molar-refractivity contribution >= 4 is 10.9 Å². The summed E-state index contributed by atoms with van der Waals surface area (Å²) in [7, 11) is 1.61. The molecule has 1 atom stereocenters. The zero-order chi connectivity index (χ0) is 19.9. The second-order valence-electron chi connectivity index (χ2n) is 6.50. The summed E-state index contributed by atoms with van der Waals surface area (Å²) in [6.45, 7) is 3.72. The summed E-state index contributed by atoms with van der Waals surface area (Å²) >= 11 is 0. The van der Waals surface area contributed by atoms with E-state index < -0.39 is 6.10 Å². The van der Waals surface area contributed by atoms with Crippen molar-refractivity contribution in [1.82, 2.24) is 14.9 Å². The number of aromatic amines is 1. The van der Waals surface area contributed by atoms with E-state index in [0.717, 1.165) is 5.75 Å². The number of rotatable bonds is 9. The summed E-state index contributed by atoms with van der Waals surface area (Å²) in [6.07, 6.45) is -0.672. The molecule has 0 aliphatic heterocycles. The van der Waals surface area contributed by atoms with E-state index in [2.05, 4.69) is 9.97 Å². The molecule has 0 amide bonds. The van der Waals surface area contributed by atoms with Crippen molar-refractivity contribution in [2.75, 3.05) is 26.8 Å². The number of aliphatic hydroxyl groups excluding tert-OH is 1. The van der Waals surface area contributed by atoms with Crippen molar-refractivity contribution in [2.24, 2.45) is 0 Å². The zero-order valence-corrected chi connectivity index (χ0v) is 16.1. The van der Waals surface area contributed by atoms with Crippen LogP contribution in [0.3, 0.4) is 0 Å². The standard InChI is InChI=1S/C21H25N3O4/c1-3-24(12-15(25)14-28-17-10-8-16(27-2)9-11-17)13-20-22-19-7-5-4-6-18(19)21(26)23-20/h4-11,15,25H,3,12-14H2,1-2H3,(H,22,23,26). The Kier molecular flexibility index (Phi) is 6.62. The number of ether oxygens (including phenoxy) is 2. The minimum absolute atomic E-state index is 0.153. The lowest BCUT2D eigenvalue weighted by molar-refractivity contribution is 0.0666. The third-order valence-corrected chi connectivity index (χ3v) is 4.45. The first kappa shape index (κ1) is 19.9. The smallest absolute Gasteiger partial charge is 0.258 e. The highest BCUT2D eigenvalue weighted by atomic mass is 16.5. The van der Waals surface area contributed by atoms with Gasteiger partial charge in [0.2, 0.25) is 0 Å². The fourth-order valence-corrected chi connectivity index (χ4v) is 2.94. The van der Waals surface area contributed by atoms with Crippen molar-refractivity contribution < 1.29 is 14.6 Å². The highest BCUT2D eigenvalue weighted by Crippen LogP contribution is 2.17. The van der Waals surface area contributed by atoms with Crippen LogP contribution in [0.4, 0.5) is 0 Å². The maximum atomic E-state index is 12.2. The second-order valence-corrected chi connectivity index (χ2v) is 6.50. The van der Waals surface area contributed by atoms with Crippen LogP contribution >= 0.6 is 0 Å². The molecule has 0 saturated heterocycles. The van der Waals surface area contributed by atoms with Crippen LogP contribution in [0.2, 0.25) is 0 Å². The monoisotopic (exact) mass is 383 g/mol. The Bertz CT molecular complexity index is 956. The van der Waals surface area contributed by atoms with E-state index in [9.17, 15) is 9.90 Å². The van der Waals surface area contributed by atoms with Gasteiger partial charge in [-0.2, -0.15) is 0 Å². The second kappa shape index (κ2) is 9.34. The van der Waals surface area contributed by atoms with Crippen LogP contribution in [0.15, 0.2) is 53.3 Å². The lowest BCUT2D eigenvalue weighted by Crippen LogP contribution is -2.36. The number of H-pyrrole nitrogens is 1. The first-order valence-electron chi connectivity index (χ1n) is 9.24. The summed E-state index contributed by atoms with van der Waals surface area (Å²) in [4.78, 5) is 21.6. The van der Waals surface area contributed by atoms with Gasteiger partial charge in [-0.15, -0.1) is 0 Å². The van der Waals surface area contributed by atoms with Crippen LogP contribution < -0.4 is 15.0 Å². The number of aromatic nitrogens is 2. The highest BCUT2D eigenvalue weighted by Gasteiger charge is 2.14. The predicted octanol–water partition coefficient (Wildman–Crippen LogP) is 2.19. The first-order valence-corrected chi connectivity index (χ1v) is 9.24. The van der Waals surface area contributed by atoms with E-state index >= 15 is 0 Å². The molecule has 3 aromatic rings. The molecule has 28 heavy (non-hydrogen) atoms. The van der Waals surface area contributed by atoms with Crippen molar-refractivity contribution in [3.8, 4) is 11.5 Å². The van der Waals surface area contributed by atoms with E-state index in [1.54, 1.807) is 25.3 Å². The van der Waals surface area contributed by atoms with Crippen LogP contribution in [-0.4, -0.2) is 52.9 Å². The fraction of sp³-hybridized carbons (Fsp3) is 0.333. The molecule has 3 rings (SSSR count). The van der Waals surface area contributed by atoms with Gasteiger partial charge in [-0.3, -0.25) is 9.69 Å². The van der Waals surface area contributed by atoms with E-state index in [1.807, 2.05) is 42.2 Å². The molecular weight excluding hydrogens is 358 g/mol. The molecule has 7 heteroatoms. The van der Waals surface area contributed by atoms with E-state index in [-0.39, 0.29) is 12.2 Å². The molecule has 0 bridgehead atoms. The van der Waals surface area contributed by atoms with Crippen LogP contribution in [0.5, 0.6) is 11.5 Å². The maximum absolute atomic E-state index is 12.2. The Balaban J connectivity index is 1.58. The van der Waals surface area contributed by atoms with Gasteiger partial charge in [0.05, 0.1) is 24.6 Å². The third-order valence-electron chi connectivity index (χ3n) is 4.45. The Hall–Kier alpha value is -2.90. The molecule has 1 aromatic heterocycles. The number of likely N-dealkylation sites (N-methyl/N-ethyl adjacent to an activating group) is 1. The van der Waals surface area contributed by atoms with Crippen LogP contribution in [0.25, 0.3) is 10.9 Å². The number of fused-ring (bicyclic) bond motifs is 1. The van der Waals surface area contributed by atoms with Crippen LogP contribution in [0, 0.1) is 0 Å². The molecule has 0 saturated carbocycles. The predicted molar refractivity (Wildman–Crippen MR) is 108 cm³/mol. The number of benzene rings is 2. The van der Waals surface area contributed by atoms with Gasteiger partial charge >= 0.3 is 0 Å². The number of aliphatic hydroxyl groups is 1. The molecule has 2 aromatic carbocycles. The fourth-order valence-electron chi connectivity index (χ4n) is 2.94. The minimum atomic E-state index is -0.672. The SMILES string of the molecule is CCN(Cc1nc2ccccc2c(=O)[nH]1)CC(O)COc1ccc(OC)cc1. The summed E-state index contributed by atoms with van der Waals surface area (Å²) < 4.78 is 10.7. The molecule has 1 heterocycles.